The summed E-state index contributed by atoms with van der Waals surface area (Å²) in [7, 11) is 0. The number of rotatable bonds is 4. The van der Waals surface area contributed by atoms with Crippen LogP contribution >= 0.6 is 0 Å². The molecule has 2 aromatic rings. The molecule has 0 fully saturated rings. The smallest absolute Gasteiger partial charge is 0.338 e. The van der Waals surface area contributed by atoms with Gasteiger partial charge in [0.05, 0.1) is 12.2 Å². The Balaban J connectivity index is 2.11. The third kappa shape index (κ3) is 3.35. The Morgan fingerprint density at radius 3 is 2.42 bits per heavy atom. The van der Waals surface area contributed by atoms with E-state index in [-0.39, 0.29) is 5.97 Å². The Kier molecular flexibility index (Phi) is 4.18. The molecule has 0 aromatic heterocycles. The monoisotopic (exact) mass is 255 g/mol. The van der Waals surface area contributed by atoms with E-state index in [2.05, 4.69) is 18.3 Å². The van der Waals surface area contributed by atoms with E-state index in [1.807, 2.05) is 30.3 Å². The van der Waals surface area contributed by atoms with E-state index in [1.165, 1.54) is 5.56 Å². The summed E-state index contributed by atoms with van der Waals surface area (Å²) < 4.78 is 4.95. The lowest BCUT2D eigenvalue weighted by molar-refractivity contribution is 0.0526. The van der Waals surface area contributed by atoms with E-state index in [0.29, 0.717) is 12.2 Å². The molecular formula is C16H17NO2. The van der Waals surface area contributed by atoms with Gasteiger partial charge in [-0.15, -0.1) is 0 Å². The first-order chi connectivity index (χ1) is 9.20. The number of aryl methyl sites for hydroxylation is 1. The van der Waals surface area contributed by atoms with Crippen LogP contribution in [-0.2, 0) is 4.74 Å². The minimum Gasteiger partial charge on any atom is -0.462 e. The molecule has 0 unspecified atom stereocenters. The second kappa shape index (κ2) is 6.05. The maximum absolute atomic E-state index is 11.5. The van der Waals surface area contributed by atoms with Crippen molar-refractivity contribution < 1.29 is 9.53 Å². The average molecular weight is 255 g/mol. The second-order valence-electron chi connectivity index (χ2n) is 4.24. The minimum absolute atomic E-state index is 0.287. The van der Waals surface area contributed by atoms with Gasteiger partial charge in [0.15, 0.2) is 0 Å². The number of hydrogen-bond acceptors (Lipinski definition) is 3. The molecule has 0 radical (unpaired) electrons. The predicted octanol–water partition coefficient (Wildman–Crippen LogP) is 3.92. The molecule has 0 aliphatic rings. The zero-order valence-electron chi connectivity index (χ0n) is 11.1. The van der Waals surface area contributed by atoms with Crippen LogP contribution in [0.2, 0.25) is 0 Å². The maximum atomic E-state index is 11.5. The topological polar surface area (TPSA) is 38.3 Å². The normalized spacial score (nSPS) is 10.0. The van der Waals surface area contributed by atoms with Crippen LogP contribution in [0, 0.1) is 6.92 Å². The highest BCUT2D eigenvalue weighted by Crippen LogP contribution is 2.20. The zero-order chi connectivity index (χ0) is 13.7. The molecule has 0 spiro atoms. The van der Waals surface area contributed by atoms with Gasteiger partial charge < -0.3 is 10.1 Å². The molecule has 0 aliphatic carbocycles. The van der Waals surface area contributed by atoms with E-state index < -0.39 is 0 Å². The predicted molar refractivity (Wildman–Crippen MR) is 76.9 cm³/mol. The molecule has 19 heavy (non-hydrogen) atoms. The van der Waals surface area contributed by atoms with Crippen molar-refractivity contribution in [2.75, 3.05) is 11.9 Å². The molecule has 0 saturated heterocycles. The van der Waals surface area contributed by atoms with E-state index in [1.54, 1.807) is 19.1 Å². The van der Waals surface area contributed by atoms with Crippen molar-refractivity contribution in [2.24, 2.45) is 0 Å². The number of nitrogens with one attached hydrogen (secondary N) is 1. The van der Waals surface area contributed by atoms with Crippen LogP contribution in [-0.4, -0.2) is 12.6 Å². The van der Waals surface area contributed by atoms with Crippen LogP contribution in [0.5, 0.6) is 0 Å². The van der Waals surface area contributed by atoms with Crippen LogP contribution in [0.4, 0.5) is 11.4 Å². The standard InChI is InChI=1S/C16H17NO2/c1-3-19-16(18)13-8-10-14(11-9-13)17-15-7-5-4-6-12(15)2/h4-11,17H,3H2,1-2H3. The third-order valence-corrected chi connectivity index (χ3v) is 2.82. The highest BCUT2D eigenvalue weighted by Gasteiger charge is 2.05. The summed E-state index contributed by atoms with van der Waals surface area (Å²) in [5.41, 5.74) is 3.75. The van der Waals surface area contributed by atoms with Crippen molar-refractivity contribution in [3.05, 3.63) is 59.7 Å². The highest BCUT2D eigenvalue weighted by atomic mass is 16.5. The Hall–Kier alpha value is -2.29. The first-order valence-corrected chi connectivity index (χ1v) is 6.30. The fourth-order valence-corrected chi connectivity index (χ4v) is 1.77. The number of anilines is 2. The highest BCUT2D eigenvalue weighted by molar-refractivity contribution is 5.89. The molecule has 0 heterocycles. The summed E-state index contributed by atoms with van der Waals surface area (Å²) in [6.45, 7) is 4.24. The van der Waals surface area contributed by atoms with Crippen LogP contribution in [0.1, 0.15) is 22.8 Å². The summed E-state index contributed by atoms with van der Waals surface area (Å²) >= 11 is 0. The summed E-state index contributed by atoms with van der Waals surface area (Å²) in [6, 6.07) is 15.3. The van der Waals surface area contributed by atoms with E-state index in [4.69, 9.17) is 4.74 Å². The van der Waals surface area contributed by atoms with Crippen molar-refractivity contribution in [3.8, 4) is 0 Å². The van der Waals surface area contributed by atoms with Crippen LogP contribution in [0.25, 0.3) is 0 Å². The number of hydrogen-bond donors (Lipinski definition) is 1. The van der Waals surface area contributed by atoms with E-state index >= 15 is 0 Å². The SMILES string of the molecule is CCOC(=O)c1ccc(Nc2ccccc2C)cc1. The Morgan fingerprint density at radius 2 is 1.79 bits per heavy atom. The molecule has 2 rings (SSSR count). The summed E-state index contributed by atoms with van der Waals surface area (Å²) in [6.07, 6.45) is 0. The molecule has 2 aromatic carbocycles. The Morgan fingerprint density at radius 1 is 1.11 bits per heavy atom. The molecule has 0 saturated carbocycles. The molecule has 0 aliphatic heterocycles. The van der Waals surface area contributed by atoms with Gasteiger partial charge in [-0.2, -0.15) is 0 Å². The third-order valence-electron chi connectivity index (χ3n) is 2.82. The molecule has 0 atom stereocenters. The molecule has 98 valence electrons. The molecule has 1 N–H and O–H groups in total. The Labute approximate surface area is 113 Å². The van der Waals surface area contributed by atoms with Gasteiger partial charge in [-0.05, 0) is 49.7 Å². The number of esters is 1. The Bertz CT molecular complexity index is 561. The largest absolute Gasteiger partial charge is 0.462 e. The second-order valence-corrected chi connectivity index (χ2v) is 4.24. The van der Waals surface area contributed by atoms with Gasteiger partial charge in [0, 0.05) is 11.4 Å². The van der Waals surface area contributed by atoms with Crippen LogP contribution in [0.3, 0.4) is 0 Å². The number of para-hydroxylation sites is 1. The van der Waals surface area contributed by atoms with Gasteiger partial charge in [-0.25, -0.2) is 4.79 Å². The van der Waals surface area contributed by atoms with Crippen molar-refractivity contribution in [3.63, 3.8) is 0 Å². The fourth-order valence-electron chi connectivity index (χ4n) is 1.77. The average Bonchev–Trinajstić information content (AvgIpc) is 2.42. The van der Waals surface area contributed by atoms with E-state index in [0.717, 1.165) is 11.4 Å². The lowest BCUT2D eigenvalue weighted by Gasteiger charge is -2.09. The minimum atomic E-state index is -0.287. The number of benzene rings is 2. The van der Waals surface area contributed by atoms with Gasteiger partial charge in [-0.3, -0.25) is 0 Å². The quantitative estimate of drug-likeness (QED) is 0.842. The molecule has 3 heteroatoms. The van der Waals surface area contributed by atoms with Crippen LogP contribution < -0.4 is 5.32 Å². The van der Waals surface area contributed by atoms with Crippen molar-refractivity contribution >= 4 is 17.3 Å². The molecular weight excluding hydrogens is 238 g/mol. The van der Waals surface area contributed by atoms with Crippen LogP contribution in [0.15, 0.2) is 48.5 Å². The van der Waals surface area contributed by atoms with Crippen molar-refractivity contribution in [1.29, 1.82) is 0 Å². The first-order valence-electron chi connectivity index (χ1n) is 6.30. The summed E-state index contributed by atoms with van der Waals surface area (Å²) in [5.74, 6) is -0.287. The first kappa shape index (κ1) is 13.1. The maximum Gasteiger partial charge on any atom is 0.338 e. The van der Waals surface area contributed by atoms with Crippen molar-refractivity contribution in [2.45, 2.75) is 13.8 Å². The van der Waals surface area contributed by atoms with Gasteiger partial charge >= 0.3 is 5.97 Å². The summed E-state index contributed by atoms with van der Waals surface area (Å²) in [5, 5.41) is 3.32. The number of carbonyl (C=O) groups excluding carboxylic acids is 1. The molecule has 3 nitrogen and oxygen atoms in total. The van der Waals surface area contributed by atoms with Crippen molar-refractivity contribution in [1.82, 2.24) is 0 Å². The zero-order valence-corrected chi connectivity index (χ0v) is 11.1. The molecule has 0 amide bonds. The fraction of sp³-hybridized carbons (Fsp3) is 0.188. The van der Waals surface area contributed by atoms with Gasteiger partial charge in [0.1, 0.15) is 0 Å². The lowest BCUT2D eigenvalue weighted by Crippen LogP contribution is -2.04. The number of carbonyl (C=O) groups is 1. The summed E-state index contributed by atoms with van der Waals surface area (Å²) in [4.78, 5) is 11.5. The van der Waals surface area contributed by atoms with Gasteiger partial charge in [0.25, 0.3) is 0 Å². The van der Waals surface area contributed by atoms with Gasteiger partial charge in [0.2, 0.25) is 0 Å². The number of ether oxygens (including phenoxy) is 1. The van der Waals surface area contributed by atoms with Gasteiger partial charge in [-0.1, -0.05) is 18.2 Å². The lowest BCUT2D eigenvalue weighted by atomic mass is 10.1. The molecule has 0 bridgehead atoms. The van der Waals surface area contributed by atoms with E-state index in [9.17, 15) is 4.79 Å².